The number of carbonyl (C=O) groups is 1. The van der Waals surface area contributed by atoms with E-state index in [1.54, 1.807) is 0 Å². The predicted octanol–water partition coefficient (Wildman–Crippen LogP) is 2.65. The lowest BCUT2D eigenvalue weighted by molar-refractivity contribution is -0.148. The Kier molecular flexibility index (Phi) is 32.3. The molecule has 0 aromatic rings. The summed E-state index contributed by atoms with van der Waals surface area (Å²) in [4.78, 5) is 11.9. The van der Waals surface area contributed by atoms with E-state index in [1.165, 1.54) is 77.0 Å². The van der Waals surface area contributed by atoms with E-state index in [2.05, 4.69) is 6.92 Å². The lowest BCUT2D eigenvalue weighted by atomic mass is 10.0. The van der Waals surface area contributed by atoms with Gasteiger partial charge in [-0.2, -0.15) is 0 Å². The molecule has 0 rings (SSSR count). The zero-order valence-electron chi connectivity index (χ0n) is 27.9. The molecule has 0 aromatic carbocycles. The number of carbonyl (C=O) groups excluding carboxylic acids is 1. The molecule has 6 N–H and O–H groups in total. The van der Waals surface area contributed by atoms with Crippen molar-refractivity contribution < 1.29 is 59.1 Å². The number of esters is 1. The van der Waals surface area contributed by atoms with Crippen molar-refractivity contribution in [2.45, 2.75) is 140 Å². The average Bonchev–Trinajstić information content (AvgIpc) is 3.01. The molecular formula is C33H66O12. The summed E-state index contributed by atoms with van der Waals surface area (Å²) in [6.45, 7) is 0.832. The minimum Gasteiger partial charge on any atom is -0.463 e. The molecule has 0 bridgehead atoms. The standard InChI is InChI=1S/C33H66O12/c1-2-3-4-5-6-7-8-9-10-11-12-13-14-15-16-17-33(40)45-27-32(39)26-44-25-31(38)24-43-23-30(37)22-42-21-29(36)20-41-19-28(35)18-34/h28-32,34-39H,2-27H2,1H3. The monoisotopic (exact) mass is 654 g/mol. The Balaban J connectivity index is 3.54. The van der Waals surface area contributed by atoms with Crippen molar-refractivity contribution in [2.75, 3.05) is 66.1 Å². The number of unbranched alkanes of at least 4 members (excludes halogenated alkanes) is 14. The Bertz CT molecular complexity index is 626. The number of hydrogen-bond acceptors (Lipinski definition) is 12. The fourth-order valence-corrected chi connectivity index (χ4v) is 4.51. The van der Waals surface area contributed by atoms with Gasteiger partial charge in [0.05, 0.1) is 59.5 Å². The Morgan fingerprint density at radius 1 is 0.444 bits per heavy atom. The zero-order chi connectivity index (χ0) is 33.4. The second kappa shape index (κ2) is 33.0. The molecular weight excluding hydrogens is 588 g/mol. The van der Waals surface area contributed by atoms with Gasteiger partial charge in [-0.1, -0.05) is 96.8 Å². The maximum absolute atomic E-state index is 11.9. The molecule has 45 heavy (non-hydrogen) atoms. The summed E-state index contributed by atoms with van der Waals surface area (Å²) in [6.07, 6.45) is 14.4. The highest BCUT2D eigenvalue weighted by atomic mass is 16.6. The first-order chi connectivity index (χ1) is 21.8. The van der Waals surface area contributed by atoms with E-state index in [0.717, 1.165) is 19.3 Å². The van der Waals surface area contributed by atoms with Gasteiger partial charge in [-0.05, 0) is 6.42 Å². The molecule has 0 aliphatic carbocycles. The van der Waals surface area contributed by atoms with Gasteiger partial charge in [-0.15, -0.1) is 0 Å². The predicted molar refractivity (Wildman–Crippen MR) is 171 cm³/mol. The van der Waals surface area contributed by atoms with E-state index in [0.29, 0.717) is 6.42 Å². The maximum Gasteiger partial charge on any atom is 0.305 e. The van der Waals surface area contributed by atoms with Gasteiger partial charge in [0.2, 0.25) is 0 Å². The van der Waals surface area contributed by atoms with Gasteiger partial charge in [0, 0.05) is 6.42 Å². The number of ether oxygens (including phenoxy) is 5. The van der Waals surface area contributed by atoms with Gasteiger partial charge in [-0.3, -0.25) is 4.79 Å². The van der Waals surface area contributed by atoms with Crippen molar-refractivity contribution in [1.29, 1.82) is 0 Å². The average molecular weight is 655 g/mol. The minimum atomic E-state index is -1.01. The Morgan fingerprint density at radius 3 is 1.07 bits per heavy atom. The molecule has 0 fully saturated rings. The van der Waals surface area contributed by atoms with E-state index < -0.39 is 37.1 Å². The van der Waals surface area contributed by atoms with E-state index in [1.807, 2.05) is 0 Å². The SMILES string of the molecule is CCCCCCCCCCCCCCCCCC(=O)OCC(O)COCC(O)COCC(O)COCC(O)COCC(O)CO. The fraction of sp³-hybridized carbons (Fsp3) is 0.970. The van der Waals surface area contributed by atoms with Gasteiger partial charge in [0.25, 0.3) is 0 Å². The fourth-order valence-electron chi connectivity index (χ4n) is 4.51. The van der Waals surface area contributed by atoms with Crippen LogP contribution in [0.4, 0.5) is 0 Å². The van der Waals surface area contributed by atoms with Crippen LogP contribution < -0.4 is 0 Å². The van der Waals surface area contributed by atoms with Crippen molar-refractivity contribution in [1.82, 2.24) is 0 Å². The van der Waals surface area contributed by atoms with E-state index in [9.17, 15) is 25.2 Å². The molecule has 0 spiro atoms. The molecule has 12 heteroatoms. The van der Waals surface area contributed by atoms with Crippen LogP contribution in [0, 0.1) is 0 Å². The molecule has 0 saturated carbocycles. The van der Waals surface area contributed by atoms with Gasteiger partial charge in [0.15, 0.2) is 0 Å². The first-order valence-electron chi connectivity index (χ1n) is 17.3. The summed E-state index contributed by atoms with van der Waals surface area (Å²) in [5, 5.41) is 57.3. The molecule has 5 atom stereocenters. The van der Waals surface area contributed by atoms with Gasteiger partial charge in [0.1, 0.15) is 37.1 Å². The van der Waals surface area contributed by atoms with Crippen molar-refractivity contribution >= 4 is 5.97 Å². The maximum atomic E-state index is 11.9. The lowest BCUT2D eigenvalue weighted by Crippen LogP contribution is -2.31. The molecule has 5 unspecified atom stereocenters. The molecule has 0 heterocycles. The minimum absolute atomic E-state index is 0.0907. The van der Waals surface area contributed by atoms with Crippen LogP contribution >= 0.6 is 0 Å². The second-order valence-electron chi connectivity index (χ2n) is 12.0. The summed E-state index contributed by atoms with van der Waals surface area (Å²) in [5.41, 5.74) is 0. The van der Waals surface area contributed by atoms with Gasteiger partial charge >= 0.3 is 5.97 Å². The molecule has 0 amide bonds. The Hall–Kier alpha value is -0.930. The number of aliphatic hydroxyl groups is 6. The van der Waals surface area contributed by atoms with Crippen molar-refractivity contribution in [2.24, 2.45) is 0 Å². The van der Waals surface area contributed by atoms with Crippen molar-refractivity contribution in [3.63, 3.8) is 0 Å². The van der Waals surface area contributed by atoms with Crippen LogP contribution in [0.25, 0.3) is 0 Å². The summed E-state index contributed by atoms with van der Waals surface area (Å²) in [5.74, 6) is -0.333. The summed E-state index contributed by atoms with van der Waals surface area (Å²) in [6, 6.07) is 0. The highest BCUT2D eigenvalue weighted by Crippen LogP contribution is 2.14. The van der Waals surface area contributed by atoms with E-state index >= 15 is 0 Å². The molecule has 0 aliphatic rings. The van der Waals surface area contributed by atoms with Gasteiger partial charge in [-0.25, -0.2) is 0 Å². The van der Waals surface area contributed by atoms with Gasteiger partial charge < -0.3 is 54.3 Å². The highest BCUT2D eigenvalue weighted by molar-refractivity contribution is 5.69. The van der Waals surface area contributed by atoms with Crippen LogP contribution in [0.5, 0.6) is 0 Å². The number of hydrogen-bond donors (Lipinski definition) is 6. The van der Waals surface area contributed by atoms with Crippen molar-refractivity contribution in [3.8, 4) is 0 Å². The molecule has 270 valence electrons. The van der Waals surface area contributed by atoms with Crippen LogP contribution in [-0.4, -0.2) is 133 Å². The van der Waals surface area contributed by atoms with Crippen molar-refractivity contribution in [3.05, 3.63) is 0 Å². The topological polar surface area (TPSA) is 185 Å². The zero-order valence-corrected chi connectivity index (χ0v) is 27.9. The summed E-state index contributed by atoms with van der Waals surface area (Å²) >= 11 is 0. The first-order valence-corrected chi connectivity index (χ1v) is 17.3. The molecule has 12 nitrogen and oxygen atoms in total. The first kappa shape index (κ1) is 44.1. The largest absolute Gasteiger partial charge is 0.463 e. The second-order valence-corrected chi connectivity index (χ2v) is 12.0. The smallest absolute Gasteiger partial charge is 0.305 e. The Labute approximate surface area is 271 Å². The van der Waals surface area contributed by atoms with Crippen LogP contribution in [0.1, 0.15) is 110 Å². The van der Waals surface area contributed by atoms with E-state index in [-0.39, 0.29) is 65.4 Å². The molecule has 0 aliphatic heterocycles. The third-order valence-corrected chi connectivity index (χ3v) is 7.11. The lowest BCUT2D eigenvalue weighted by Gasteiger charge is -2.17. The molecule has 0 saturated heterocycles. The normalized spacial score (nSPS) is 15.1. The third kappa shape index (κ3) is 32.8. The Morgan fingerprint density at radius 2 is 0.733 bits per heavy atom. The van der Waals surface area contributed by atoms with Crippen LogP contribution in [0.15, 0.2) is 0 Å². The highest BCUT2D eigenvalue weighted by Gasteiger charge is 2.13. The van der Waals surface area contributed by atoms with Crippen LogP contribution in [0.2, 0.25) is 0 Å². The summed E-state index contributed by atoms with van der Waals surface area (Å²) < 4.78 is 25.8. The molecule has 0 aromatic heterocycles. The quantitative estimate of drug-likeness (QED) is 0.0434. The third-order valence-electron chi connectivity index (χ3n) is 7.11. The van der Waals surface area contributed by atoms with E-state index in [4.69, 9.17) is 33.9 Å². The van der Waals surface area contributed by atoms with Crippen LogP contribution in [-0.2, 0) is 28.5 Å². The number of rotatable bonds is 35. The number of aliphatic hydroxyl groups excluding tert-OH is 6. The summed E-state index contributed by atoms with van der Waals surface area (Å²) in [7, 11) is 0. The van der Waals surface area contributed by atoms with Crippen LogP contribution in [0.3, 0.4) is 0 Å². The molecule has 0 radical (unpaired) electrons.